The van der Waals surface area contributed by atoms with Gasteiger partial charge in [-0.3, -0.25) is 0 Å². The van der Waals surface area contributed by atoms with E-state index >= 15 is 0 Å². The third kappa shape index (κ3) is 5.55. The zero-order valence-electron chi connectivity index (χ0n) is 14.1. The highest BCUT2D eigenvalue weighted by Gasteiger charge is 2.07. The van der Waals surface area contributed by atoms with Crippen LogP contribution in [0.15, 0.2) is 34.6 Å². The number of phenolic OH excluding ortho intramolecular Hbond substituents is 1. The molecule has 0 aliphatic carbocycles. The van der Waals surface area contributed by atoms with Crippen LogP contribution in [0.2, 0.25) is 0 Å². The first kappa shape index (κ1) is 20.6. The molecule has 0 unspecified atom stereocenters. The molecule has 0 saturated carbocycles. The molecule has 0 aliphatic heterocycles. The van der Waals surface area contributed by atoms with Crippen LogP contribution in [-0.4, -0.2) is 24.7 Å². The van der Waals surface area contributed by atoms with E-state index in [4.69, 9.17) is 4.74 Å². The molecule has 0 amide bonds. The zero-order valence-corrected chi connectivity index (χ0v) is 17.3. The molecule has 2 rings (SSSR count). The number of methoxy groups -OCH3 is 1. The Hall–Kier alpha value is -1.48. The maximum Gasteiger partial charge on any atom is 0.191 e. The molecule has 7 heteroatoms. The summed E-state index contributed by atoms with van der Waals surface area (Å²) in [6, 6.07) is 7.53. The number of rotatable bonds is 6. The molecule has 1 heterocycles. The number of guanidine groups is 1. The number of thiophene rings is 1. The number of nitrogens with zero attached hydrogens (tertiary/aromatic N) is 1. The fourth-order valence-corrected chi connectivity index (χ4v) is 2.96. The molecule has 0 fully saturated rings. The lowest BCUT2D eigenvalue weighted by atomic mass is 10.2. The van der Waals surface area contributed by atoms with E-state index in [1.54, 1.807) is 17.4 Å². The highest BCUT2D eigenvalue weighted by Crippen LogP contribution is 2.29. The second-order valence-corrected chi connectivity index (χ2v) is 6.04. The predicted octanol–water partition coefficient (Wildman–Crippen LogP) is 3.64. The summed E-state index contributed by atoms with van der Waals surface area (Å²) in [5.74, 6) is 1.33. The van der Waals surface area contributed by atoms with Crippen molar-refractivity contribution in [3.63, 3.8) is 0 Å². The van der Waals surface area contributed by atoms with Crippen molar-refractivity contribution in [1.29, 1.82) is 0 Å². The van der Waals surface area contributed by atoms with Crippen LogP contribution >= 0.6 is 35.3 Å². The van der Waals surface area contributed by atoms with Gasteiger partial charge in [0.15, 0.2) is 17.5 Å². The Labute approximate surface area is 164 Å². The maximum absolute atomic E-state index is 10.1. The van der Waals surface area contributed by atoms with Gasteiger partial charge < -0.3 is 20.5 Å². The molecule has 132 valence electrons. The number of halogens is 1. The van der Waals surface area contributed by atoms with Crippen LogP contribution in [0.1, 0.15) is 22.9 Å². The lowest BCUT2D eigenvalue weighted by Gasteiger charge is -2.12. The number of phenols is 1. The number of para-hydroxylation sites is 1. The van der Waals surface area contributed by atoms with E-state index in [-0.39, 0.29) is 29.7 Å². The fraction of sp³-hybridized carbons (Fsp3) is 0.353. The smallest absolute Gasteiger partial charge is 0.191 e. The van der Waals surface area contributed by atoms with Crippen molar-refractivity contribution in [2.75, 3.05) is 13.7 Å². The van der Waals surface area contributed by atoms with Gasteiger partial charge in [0, 0.05) is 17.0 Å². The van der Waals surface area contributed by atoms with Gasteiger partial charge in [-0.25, -0.2) is 4.99 Å². The molecule has 1 aromatic heterocycles. The number of hydrogen-bond donors (Lipinski definition) is 3. The molecule has 0 bridgehead atoms. The van der Waals surface area contributed by atoms with Gasteiger partial charge in [0.25, 0.3) is 0 Å². The van der Waals surface area contributed by atoms with Crippen LogP contribution in [-0.2, 0) is 13.1 Å². The molecule has 0 aliphatic rings. The monoisotopic (exact) mass is 461 g/mol. The largest absolute Gasteiger partial charge is 0.504 e. The highest BCUT2D eigenvalue weighted by molar-refractivity contribution is 14.0. The molecule has 0 spiro atoms. The van der Waals surface area contributed by atoms with Crippen molar-refractivity contribution in [3.8, 4) is 11.5 Å². The minimum atomic E-state index is 0. The molecule has 0 saturated heterocycles. The first-order valence-electron chi connectivity index (χ1n) is 7.55. The highest BCUT2D eigenvalue weighted by atomic mass is 127. The van der Waals surface area contributed by atoms with Gasteiger partial charge in [0.05, 0.1) is 20.2 Å². The maximum atomic E-state index is 10.1. The predicted molar refractivity (Wildman–Crippen MR) is 111 cm³/mol. The number of aromatic hydroxyl groups is 1. The standard InChI is InChI=1S/C17H23N3O2S.HI/c1-4-18-17(20-11-15-12(2)8-9-23-15)19-10-13-6-5-7-14(22-3)16(13)21;/h5-9,21H,4,10-11H2,1-3H3,(H2,18,19,20);1H. The van der Waals surface area contributed by atoms with Gasteiger partial charge >= 0.3 is 0 Å². The number of nitrogens with one attached hydrogen (secondary N) is 2. The molecule has 3 N–H and O–H groups in total. The summed E-state index contributed by atoms with van der Waals surface area (Å²) < 4.78 is 5.12. The molecule has 1 aromatic carbocycles. The van der Waals surface area contributed by atoms with Crippen LogP contribution in [0.5, 0.6) is 11.5 Å². The summed E-state index contributed by atoms with van der Waals surface area (Å²) in [5.41, 5.74) is 2.01. The van der Waals surface area contributed by atoms with Crippen molar-refractivity contribution < 1.29 is 9.84 Å². The molecule has 5 nitrogen and oxygen atoms in total. The van der Waals surface area contributed by atoms with E-state index in [0.29, 0.717) is 12.3 Å². The normalized spacial score (nSPS) is 10.9. The Balaban J connectivity index is 0.00000288. The number of aryl methyl sites for hydroxylation is 1. The third-order valence-electron chi connectivity index (χ3n) is 3.44. The average Bonchev–Trinajstić information content (AvgIpc) is 2.96. The summed E-state index contributed by atoms with van der Waals surface area (Å²) >= 11 is 1.73. The van der Waals surface area contributed by atoms with E-state index in [2.05, 4.69) is 34.0 Å². The van der Waals surface area contributed by atoms with Crippen molar-refractivity contribution in [1.82, 2.24) is 10.6 Å². The molecule has 24 heavy (non-hydrogen) atoms. The Kier molecular flexibility index (Phi) is 8.91. The van der Waals surface area contributed by atoms with Crippen LogP contribution in [0, 0.1) is 6.92 Å². The van der Waals surface area contributed by atoms with Gasteiger partial charge in [-0.2, -0.15) is 0 Å². The van der Waals surface area contributed by atoms with Crippen molar-refractivity contribution >= 4 is 41.3 Å². The quantitative estimate of drug-likeness (QED) is 0.349. The molecule has 0 radical (unpaired) electrons. The fourth-order valence-electron chi connectivity index (χ4n) is 2.12. The third-order valence-corrected chi connectivity index (χ3v) is 4.46. The van der Waals surface area contributed by atoms with E-state index in [1.807, 2.05) is 19.1 Å². The van der Waals surface area contributed by atoms with Gasteiger partial charge in [-0.15, -0.1) is 35.3 Å². The number of benzene rings is 1. The SMILES string of the molecule is CCNC(=NCc1cccc(OC)c1O)NCc1sccc1C.I. The van der Waals surface area contributed by atoms with Gasteiger partial charge in [-0.05, 0) is 36.9 Å². The Morgan fingerprint density at radius 2 is 2.08 bits per heavy atom. The number of aliphatic imine (C=N–C) groups is 1. The van der Waals surface area contributed by atoms with Crippen molar-refractivity contribution in [2.24, 2.45) is 4.99 Å². The summed E-state index contributed by atoms with van der Waals surface area (Å²) in [6.45, 7) is 6.02. The lowest BCUT2D eigenvalue weighted by molar-refractivity contribution is 0.370. The summed E-state index contributed by atoms with van der Waals surface area (Å²) in [7, 11) is 1.54. The lowest BCUT2D eigenvalue weighted by Crippen LogP contribution is -2.36. The molecular formula is C17H24IN3O2S. The molecule has 2 aromatic rings. The molecule has 0 atom stereocenters. The summed E-state index contributed by atoms with van der Waals surface area (Å²) in [5, 5.41) is 18.7. The Morgan fingerprint density at radius 3 is 2.71 bits per heavy atom. The van der Waals surface area contributed by atoms with Gasteiger partial charge in [0.1, 0.15) is 0 Å². The second kappa shape index (κ2) is 10.4. The zero-order chi connectivity index (χ0) is 16.7. The summed E-state index contributed by atoms with van der Waals surface area (Å²) in [6.07, 6.45) is 0. The van der Waals surface area contributed by atoms with E-state index < -0.39 is 0 Å². The van der Waals surface area contributed by atoms with E-state index in [9.17, 15) is 5.11 Å². The van der Waals surface area contributed by atoms with Crippen molar-refractivity contribution in [3.05, 3.63) is 45.6 Å². The van der Waals surface area contributed by atoms with Gasteiger partial charge in [-0.1, -0.05) is 12.1 Å². The number of ether oxygens (including phenoxy) is 1. The van der Waals surface area contributed by atoms with Crippen LogP contribution in [0.4, 0.5) is 0 Å². The Bertz CT molecular complexity index is 674. The Morgan fingerprint density at radius 1 is 1.29 bits per heavy atom. The van der Waals surface area contributed by atoms with Crippen molar-refractivity contribution in [2.45, 2.75) is 26.9 Å². The first-order chi connectivity index (χ1) is 11.2. The van der Waals surface area contributed by atoms with E-state index in [0.717, 1.165) is 24.6 Å². The first-order valence-corrected chi connectivity index (χ1v) is 8.43. The van der Waals surface area contributed by atoms with Crippen LogP contribution in [0.3, 0.4) is 0 Å². The minimum absolute atomic E-state index is 0. The van der Waals surface area contributed by atoms with Crippen LogP contribution < -0.4 is 15.4 Å². The van der Waals surface area contributed by atoms with E-state index in [1.165, 1.54) is 17.6 Å². The topological polar surface area (TPSA) is 65.9 Å². The van der Waals surface area contributed by atoms with Crippen LogP contribution in [0.25, 0.3) is 0 Å². The molecular weight excluding hydrogens is 437 g/mol. The second-order valence-electron chi connectivity index (χ2n) is 5.04. The summed E-state index contributed by atoms with van der Waals surface area (Å²) in [4.78, 5) is 5.82. The number of hydrogen-bond acceptors (Lipinski definition) is 4. The minimum Gasteiger partial charge on any atom is -0.504 e. The van der Waals surface area contributed by atoms with Gasteiger partial charge in [0.2, 0.25) is 0 Å². The average molecular weight is 461 g/mol.